The Kier molecular flexibility index (Phi) is 2.08. The zero-order valence-corrected chi connectivity index (χ0v) is 9.59. The van der Waals surface area contributed by atoms with Gasteiger partial charge in [-0.05, 0) is 49.9 Å². The molecule has 0 saturated heterocycles. The van der Waals surface area contributed by atoms with Crippen LogP contribution in [0.4, 0.5) is 0 Å². The fraction of sp³-hybridized carbons (Fsp3) is 0.923. The first-order chi connectivity index (χ1) is 7.22. The molecular weight excluding hydrogens is 186 g/mol. The maximum atomic E-state index is 12.1. The zero-order valence-electron chi connectivity index (χ0n) is 9.59. The summed E-state index contributed by atoms with van der Waals surface area (Å²) in [6.45, 7) is 0. The quantitative estimate of drug-likeness (QED) is 0.702. The third-order valence-electron chi connectivity index (χ3n) is 5.06. The lowest BCUT2D eigenvalue weighted by Crippen LogP contribution is -2.47. The van der Waals surface area contributed by atoms with Crippen molar-refractivity contribution in [3.63, 3.8) is 0 Å². The van der Waals surface area contributed by atoms with E-state index < -0.39 is 0 Å². The van der Waals surface area contributed by atoms with Crippen molar-refractivity contribution in [1.82, 2.24) is 5.32 Å². The van der Waals surface area contributed by atoms with Gasteiger partial charge < -0.3 is 5.32 Å². The lowest BCUT2D eigenvalue weighted by Gasteiger charge is -2.46. The van der Waals surface area contributed by atoms with Crippen molar-refractivity contribution >= 4 is 5.91 Å². The van der Waals surface area contributed by atoms with E-state index in [1.165, 1.54) is 44.9 Å². The Balaban J connectivity index is 1.93. The lowest BCUT2D eigenvalue weighted by atomic mass is 9.58. The molecule has 2 nitrogen and oxygen atoms in total. The van der Waals surface area contributed by atoms with Crippen molar-refractivity contribution in [1.29, 1.82) is 0 Å². The van der Waals surface area contributed by atoms with Crippen molar-refractivity contribution < 1.29 is 4.79 Å². The van der Waals surface area contributed by atoms with Crippen LogP contribution in [-0.2, 0) is 4.79 Å². The van der Waals surface area contributed by atoms with Gasteiger partial charge in [0.1, 0.15) is 0 Å². The van der Waals surface area contributed by atoms with Gasteiger partial charge in [-0.3, -0.25) is 4.79 Å². The summed E-state index contributed by atoms with van der Waals surface area (Å²) in [4.78, 5) is 12.1. The predicted molar refractivity (Wildman–Crippen MR) is 59.3 cm³/mol. The molecule has 4 bridgehead atoms. The molecule has 1 amide bonds. The molecule has 4 fully saturated rings. The van der Waals surface area contributed by atoms with E-state index in [4.69, 9.17) is 0 Å². The highest BCUT2D eigenvalue weighted by Crippen LogP contribution is 2.57. The summed E-state index contributed by atoms with van der Waals surface area (Å²) in [5, 5.41) is 2.91. The maximum Gasteiger partial charge on any atom is 0.225 e. The minimum absolute atomic E-state index is 0.0434. The molecule has 4 aliphatic carbocycles. The van der Waals surface area contributed by atoms with Gasteiger partial charge in [0.05, 0.1) is 0 Å². The molecule has 0 aliphatic heterocycles. The van der Waals surface area contributed by atoms with Gasteiger partial charge in [-0.15, -0.1) is 0 Å². The minimum Gasteiger partial charge on any atom is -0.359 e. The van der Waals surface area contributed by atoms with Gasteiger partial charge in [0, 0.05) is 12.5 Å². The molecule has 2 heteroatoms. The van der Waals surface area contributed by atoms with Crippen LogP contribution >= 0.6 is 0 Å². The Hall–Kier alpha value is -0.530. The number of nitrogens with one attached hydrogen (secondary N) is 1. The lowest BCUT2D eigenvalue weighted by molar-refractivity contribution is -0.138. The normalized spacial score (nSPS) is 47.7. The first kappa shape index (κ1) is 9.68. The molecule has 0 spiro atoms. The Morgan fingerprint density at radius 2 is 1.60 bits per heavy atom. The highest BCUT2D eigenvalue weighted by Gasteiger charge is 2.51. The SMILES string of the molecule is CNC(=O)C12CC3C[C@H](CC[C@@H](C3)C1)C2. The molecule has 4 saturated carbocycles. The van der Waals surface area contributed by atoms with Crippen LogP contribution in [0.3, 0.4) is 0 Å². The maximum absolute atomic E-state index is 12.1. The number of hydrogen-bond acceptors (Lipinski definition) is 1. The van der Waals surface area contributed by atoms with E-state index in [1.54, 1.807) is 7.05 Å². The second-order valence-corrected chi connectivity index (χ2v) is 6.12. The Morgan fingerprint density at radius 3 is 2.13 bits per heavy atom. The zero-order chi connectivity index (χ0) is 10.5. The van der Waals surface area contributed by atoms with Crippen LogP contribution in [0.5, 0.6) is 0 Å². The van der Waals surface area contributed by atoms with Crippen molar-refractivity contribution in [2.24, 2.45) is 23.2 Å². The summed E-state index contributed by atoms with van der Waals surface area (Å²) < 4.78 is 0. The Labute approximate surface area is 91.8 Å². The summed E-state index contributed by atoms with van der Waals surface area (Å²) >= 11 is 0. The molecule has 4 rings (SSSR count). The van der Waals surface area contributed by atoms with Crippen LogP contribution in [0.2, 0.25) is 0 Å². The fourth-order valence-corrected chi connectivity index (χ4v) is 4.73. The standard InChI is InChI=1S/C13H21NO/c1-14-12(15)13-6-9-2-3-10(7-13)5-11(4-9)8-13/h9-11H,2-8H2,1H3,(H,14,15)/t9-,10-,11?,13?/m0/s1. The van der Waals surface area contributed by atoms with E-state index in [9.17, 15) is 4.79 Å². The van der Waals surface area contributed by atoms with Crippen molar-refractivity contribution in [2.45, 2.75) is 44.9 Å². The summed E-state index contributed by atoms with van der Waals surface area (Å²) in [6.07, 6.45) is 9.14. The molecule has 0 aromatic heterocycles. The molecule has 0 aromatic carbocycles. The third-order valence-corrected chi connectivity index (χ3v) is 5.06. The van der Waals surface area contributed by atoms with E-state index in [1.807, 2.05) is 0 Å². The third kappa shape index (κ3) is 1.41. The molecule has 1 N–H and O–H groups in total. The van der Waals surface area contributed by atoms with Gasteiger partial charge in [0.2, 0.25) is 5.91 Å². The minimum atomic E-state index is 0.0434. The smallest absolute Gasteiger partial charge is 0.225 e. The number of rotatable bonds is 1. The summed E-state index contributed by atoms with van der Waals surface area (Å²) in [5.74, 6) is 2.91. The van der Waals surface area contributed by atoms with Crippen LogP contribution in [0.1, 0.15) is 44.9 Å². The average molecular weight is 207 g/mol. The molecular formula is C13H21NO. The Morgan fingerprint density at radius 1 is 1.07 bits per heavy atom. The highest BCUT2D eigenvalue weighted by atomic mass is 16.2. The number of hydrogen-bond donors (Lipinski definition) is 1. The summed E-state index contributed by atoms with van der Waals surface area (Å²) in [5.41, 5.74) is 0.0434. The second kappa shape index (κ2) is 3.23. The molecule has 0 radical (unpaired) electrons. The average Bonchev–Trinajstić information content (AvgIpc) is 2.44. The summed E-state index contributed by atoms with van der Waals surface area (Å²) in [6, 6.07) is 0. The van der Waals surface area contributed by atoms with Crippen LogP contribution in [0.25, 0.3) is 0 Å². The molecule has 0 aromatic rings. The number of amides is 1. The number of fused-ring (bicyclic) bond motifs is 1. The highest BCUT2D eigenvalue weighted by molar-refractivity contribution is 5.82. The van der Waals surface area contributed by atoms with Crippen LogP contribution in [0, 0.1) is 23.2 Å². The van der Waals surface area contributed by atoms with Crippen LogP contribution in [0.15, 0.2) is 0 Å². The summed E-state index contributed by atoms with van der Waals surface area (Å²) in [7, 11) is 1.80. The van der Waals surface area contributed by atoms with Crippen molar-refractivity contribution in [3.05, 3.63) is 0 Å². The van der Waals surface area contributed by atoms with Gasteiger partial charge >= 0.3 is 0 Å². The second-order valence-electron chi connectivity index (χ2n) is 6.12. The van der Waals surface area contributed by atoms with Gasteiger partial charge in [-0.25, -0.2) is 0 Å². The van der Waals surface area contributed by atoms with E-state index in [2.05, 4.69) is 5.32 Å². The van der Waals surface area contributed by atoms with E-state index in [0.717, 1.165) is 17.8 Å². The molecule has 0 unspecified atom stereocenters. The monoisotopic (exact) mass is 207 g/mol. The number of carbonyl (C=O) groups is 1. The molecule has 0 heterocycles. The van der Waals surface area contributed by atoms with E-state index in [0.29, 0.717) is 5.91 Å². The van der Waals surface area contributed by atoms with E-state index >= 15 is 0 Å². The van der Waals surface area contributed by atoms with Gasteiger partial charge in [0.25, 0.3) is 0 Å². The predicted octanol–water partition coefficient (Wildman–Crippen LogP) is 2.34. The topological polar surface area (TPSA) is 29.1 Å². The van der Waals surface area contributed by atoms with E-state index in [-0.39, 0.29) is 5.41 Å². The van der Waals surface area contributed by atoms with Gasteiger partial charge in [-0.1, -0.05) is 12.8 Å². The first-order valence-electron chi connectivity index (χ1n) is 6.44. The molecule has 2 atom stereocenters. The van der Waals surface area contributed by atoms with Crippen LogP contribution in [-0.4, -0.2) is 13.0 Å². The van der Waals surface area contributed by atoms with Crippen molar-refractivity contribution in [3.8, 4) is 0 Å². The van der Waals surface area contributed by atoms with Gasteiger partial charge in [0.15, 0.2) is 0 Å². The van der Waals surface area contributed by atoms with Gasteiger partial charge in [-0.2, -0.15) is 0 Å². The molecule has 15 heavy (non-hydrogen) atoms. The molecule has 84 valence electrons. The largest absolute Gasteiger partial charge is 0.359 e. The fourth-order valence-electron chi connectivity index (χ4n) is 4.73. The van der Waals surface area contributed by atoms with Crippen molar-refractivity contribution in [2.75, 3.05) is 7.05 Å². The first-order valence-corrected chi connectivity index (χ1v) is 6.44. The number of carbonyl (C=O) groups excluding carboxylic acids is 1. The molecule has 4 aliphatic rings. The Bertz CT molecular complexity index is 270. The van der Waals surface area contributed by atoms with Crippen LogP contribution < -0.4 is 5.32 Å².